The van der Waals surface area contributed by atoms with Crippen LogP contribution in [0.4, 0.5) is 5.69 Å². The first-order valence-electron chi connectivity index (χ1n) is 13.6. The highest BCUT2D eigenvalue weighted by Gasteiger charge is 2.78. The number of nitrogens with zero attached hydrogens (tertiary/aromatic N) is 2. The summed E-state index contributed by atoms with van der Waals surface area (Å²) in [6.07, 6.45) is 5.18. The Kier molecular flexibility index (Phi) is 8.52. The monoisotopic (exact) mass is 556 g/mol. The molecule has 2 unspecified atom stereocenters. The summed E-state index contributed by atoms with van der Waals surface area (Å²) in [6, 6.07) is 5.76. The highest BCUT2D eigenvalue weighted by atomic mass is 32.2. The van der Waals surface area contributed by atoms with Crippen molar-refractivity contribution in [2.24, 2.45) is 17.8 Å². The molecule has 9 heteroatoms. The summed E-state index contributed by atoms with van der Waals surface area (Å²) in [5.74, 6) is -1.72. The number of ether oxygens (including phenoxy) is 2. The van der Waals surface area contributed by atoms with Gasteiger partial charge >= 0.3 is 5.97 Å². The zero-order valence-corrected chi connectivity index (χ0v) is 24.1. The maximum absolute atomic E-state index is 14.6. The lowest BCUT2D eigenvalue weighted by molar-refractivity contribution is -0.156. The molecule has 3 heterocycles. The average molecular weight is 557 g/mol. The van der Waals surface area contributed by atoms with Crippen LogP contribution in [0.5, 0.6) is 5.75 Å². The van der Waals surface area contributed by atoms with Gasteiger partial charge in [0, 0.05) is 17.0 Å². The summed E-state index contributed by atoms with van der Waals surface area (Å²) < 4.78 is 9.58. The Morgan fingerprint density at radius 3 is 2.49 bits per heavy atom. The molecule has 39 heavy (non-hydrogen) atoms. The molecule has 2 bridgehead atoms. The summed E-state index contributed by atoms with van der Waals surface area (Å²) in [5, 5.41) is 10.4. The van der Waals surface area contributed by atoms with Gasteiger partial charge in [-0.15, -0.1) is 24.9 Å². The van der Waals surface area contributed by atoms with Crippen molar-refractivity contribution in [2.75, 3.05) is 31.8 Å². The minimum absolute atomic E-state index is 0.103. The van der Waals surface area contributed by atoms with Gasteiger partial charge in [-0.05, 0) is 56.4 Å². The molecule has 1 N–H and O–H groups in total. The van der Waals surface area contributed by atoms with Crippen molar-refractivity contribution in [1.82, 2.24) is 4.90 Å². The predicted molar refractivity (Wildman–Crippen MR) is 153 cm³/mol. The number of amides is 2. The lowest BCUT2D eigenvalue weighted by Gasteiger charge is -2.40. The average Bonchev–Trinajstić information content (AvgIpc) is 3.48. The Morgan fingerprint density at radius 1 is 1.23 bits per heavy atom. The third kappa shape index (κ3) is 4.78. The van der Waals surface area contributed by atoms with Gasteiger partial charge in [-0.1, -0.05) is 26.0 Å². The Hall–Kier alpha value is -2.78. The fraction of sp³-hybridized carbons (Fsp3) is 0.567. The molecule has 2 amide bonds. The zero-order chi connectivity index (χ0) is 28.5. The molecular formula is C30H40N2O6S. The van der Waals surface area contributed by atoms with Crippen LogP contribution < -0.4 is 9.64 Å². The van der Waals surface area contributed by atoms with Crippen LogP contribution in [0, 0.1) is 17.8 Å². The van der Waals surface area contributed by atoms with Crippen LogP contribution in [0.3, 0.4) is 0 Å². The predicted octanol–water partition coefficient (Wildman–Crippen LogP) is 3.83. The quantitative estimate of drug-likeness (QED) is 0.237. The van der Waals surface area contributed by atoms with Crippen molar-refractivity contribution >= 4 is 35.2 Å². The number of aliphatic hydroxyl groups is 1. The van der Waals surface area contributed by atoms with E-state index in [-0.39, 0.29) is 37.5 Å². The largest absolute Gasteiger partial charge is 0.497 e. The number of hydrogen-bond donors (Lipinski definition) is 1. The topological polar surface area (TPSA) is 96.4 Å². The SMILES string of the molecule is C=CCCOC(=O)[C@H]1[C@H]2C(=O)N([C@@H](CO)C(C)C)C(C(=O)N(CC=C)c3ccc(OC)cc3)C23CC[C@]1(C)S3. The molecule has 1 spiro atoms. The first-order valence-corrected chi connectivity index (χ1v) is 14.4. The van der Waals surface area contributed by atoms with E-state index in [2.05, 4.69) is 13.2 Å². The van der Waals surface area contributed by atoms with Gasteiger partial charge in [-0.2, -0.15) is 0 Å². The molecule has 1 aromatic carbocycles. The van der Waals surface area contributed by atoms with Gasteiger partial charge < -0.3 is 24.4 Å². The van der Waals surface area contributed by atoms with Gasteiger partial charge in [0.05, 0.1) is 42.9 Å². The van der Waals surface area contributed by atoms with E-state index in [4.69, 9.17) is 9.47 Å². The van der Waals surface area contributed by atoms with Crippen LogP contribution in [0.2, 0.25) is 0 Å². The van der Waals surface area contributed by atoms with E-state index < -0.39 is 39.4 Å². The molecule has 3 fully saturated rings. The van der Waals surface area contributed by atoms with Gasteiger partial charge in [0.2, 0.25) is 5.91 Å². The van der Waals surface area contributed by atoms with Crippen LogP contribution in [-0.4, -0.2) is 76.2 Å². The number of fused-ring (bicyclic) bond motifs is 1. The molecule has 3 aliphatic heterocycles. The van der Waals surface area contributed by atoms with Crippen molar-refractivity contribution in [1.29, 1.82) is 0 Å². The zero-order valence-electron chi connectivity index (χ0n) is 23.3. The molecule has 1 aromatic rings. The third-order valence-corrected chi connectivity index (χ3v) is 10.5. The fourth-order valence-corrected chi connectivity index (χ4v) is 9.00. The molecule has 0 aliphatic carbocycles. The van der Waals surface area contributed by atoms with Crippen LogP contribution in [0.1, 0.15) is 40.0 Å². The van der Waals surface area contributed by atoms with E-state index in [1.165, 1.54) is 0 Å². The molecule has 212 valence electrons. The maximum Gasteiger partial charge on any atom is 0.311 e. The van der Waals surface area contributed by atoms with Crippen molar-refractivity contribution < 1.29 is 29.0 Å². The van der Waals surface area contributed by atoms with Crippen LogP contribution in [0.15, 0.2) is 49.6 Å². The van der Waals surface area contributed by atoms with Crippen molar-refractivity contribution in [3.8, 4) is 5.75 Å². The van der Waals surface area contributed by atoms with Crippen LogP contribution in [-0.2, 0) is 19.1 Å². The summed E-state index contributed by atoms with van der Waals surface area (Å²) in [7, 11) is 1.58. The number of anilines is 1. The second kappa shape index (κ2) is 11.4. The minimum atomic E-state index is -0.852. The van der Waals surface area contributed by atoms with Crippen LogP contribution in [0.25, 0.3) is 0 Å². The number of esters is 1. The number of benzene rings is 1. The Labute approximate surface area is 235 Å². The van der Waals surface area contributed by atoms with Crippen molar-refractivity contribution in [3.63, 3.8) is 0 Å². The molecule has 3 aliphatic rings. The third-order valence-electron chi connectivity index (χ3n) is 8.54. The normalized spacial score (nSPS) is 29.7. The minimum Gasteiger partial charge on any atom is -0.497 e. The van der Waals surface area contributed by atoms with Crippen LogP contribution >= 0.6 is 11.8 Å². The summed E-state index contributed by atoms with van der Waals surface area (Å²) in [4.78, 5) is 45.7. The standard InChI is InChI=1S/C30H40N2O6S/c1-7-9-17-38-28(36)24-23-26(34)32(22(18-33)19(3)4)25(30(23)15-14-29(24,5)39-30)27(35)31(16-8-2)20-10-12-21(37-6)13-11-20/h7-8,10-13,19,22-25,33H,1-2,9,14-18H2,3-6H3/t22-,23-,24+,25?,29-,30?/m0/s1. The number of methoxy groups -OCH3 is 1. The number of rotatable bonds is 12. The maximum atomic E-state index is 14.6. The van der Waals surface area contributed by atoms with E-state index in [0.29, 0.717) is 30.7 Å². The van der Waals surface area contributed by atoms with E-state index in [0.717, 1.165) is 0 Å². The number of likely N-dealkylation sites (tertiary alicyclic amines) is 1. The van der Waals surface area contributed by atoms with Gasteiger partial charge in [0.15, 0.2) is 0 Å². The lowest BCUT2D eigenvalue weighted by atomic mass is 9.66. The molecular weight excluding hydrogens is 516 g/mol. The number of aliphatic hydroxyl groups excluding tert-OH is 1. The molecule has 4 rings (SSSR count). The first kappa shape index (κ1) is 29.2. The molecule has 0 radical (unpaired) electrons. The fourth-order valence-electron chi connectivity index (χ4n) is 6.67. The highest BCUT2D eigenvalue weighted by molar-refractivity contribution is 8.02. The Balaban J connectivity index is 1.81. The van der Waals surface area contributed by atoms with E-state index in [1.54, 1.807) is 53.0 Å². The number of hydrogen-bond acceptors (Lipinski definition) is 7. The Morgan fingerprint density at radius 2 is 1.92 bits per heavy atom. The number of carbonyl (C=O) groups excluding carboxylic acids is 3. The lowest BCUT2D eigenvalue weighted by Crippen LogP contribution is -2.58. The van der Waals surface area contributed by atoms with Crippen molar-refractivity contribution in [2.45, 2.75) is 61.6 Å². The van der Waals surface area contributed by atoms with Gasteiger partial charge in [0.1, 0.15) is 11.8 Å². The molecule has 0 saturated carbocycles. The number of thioether (sulfide) groups is 1. The Bertz CT molecular complexity index is 1120. The summed E-state index contributed by atoms with van der Waals surface area (Å²) in [5.41, 5.74) is 0.655. The number of carbonyl (C=O) groups is 3. The van der Waals surface area contributed by atoms with Gasteiger partial charge in [-0.3, -0.25) is 14.4 Å². The van der Waals surface area contributed by atoms with Gasteiger partial charge in [-0.25, -0.2) is 0 Å². The summed E-state index contributed by atoms with van der Waals surface area (Å²) >= 11 is 1.59. The molecule has 6 atom stereocenters. The van der Waals surface area contributed by atoms with E-state index in [1.807, 2.05) is 32.9 Å². The molecule has 0 aromatic heterocycles. The smallest absolute Gasteiger partial charge is 0.311 e. The van der Waals surface area contributed by atoms with E-state index >= 15 is 0 Å². The highest BCUT2D eigenvalue weighted by Crippen LogP contribution is 2.72. The van der Waals surface area contributed by atoms with Crippen molar-refractivity contribution in [3.05, 3.63) is 49.6 Å². The molecule has 3 saturated heterocycles. The first-order chi connectivity index (χ1) is 18.6. The van der Waals surface area contributed by atoms with Gasteiger partial charge in [0.25, 0.3) is 5.91 Å². The second-order valence-corrected chi connectivity index (χ2v) is 13.0. The summed E-state index contributed by atoms with van der Waals surface area (Å²) in [6.45, 7) is 13.6. The second-order valence-electron chi connectivity index (χ2n) is 11.1. The molecule has 8 nitrogen and oxygen atoms in total. The van der Waals surface area contributed by atoms with E-state index in [9.17, 15) is 19.5 Å².